The molecule has 0 unspecified atom stereocenters. The molecular weight excluding hydrogens is 242 g/mol. The molecule has 0 aliphatic rings. The minimum atomic E-state index is -0.441. The molecule has 0 bridgehead atoms. The summed E-state index contributed by atoms with van der Waals surface area (Å²) in [6.07, 6.45) is 1.62. The quantitative estimate of drug-likeness (QED) is 0.466. The Morgan fingerprint density at radius 2 is 1.94 bits per heavy atom. The van der Waals surface area contributed by atoms with E-state index in [2.05, 4.69) is 9.97 Å². The van der Waals surface area contributed by atoms with Crippen LogP contribution in [-0.2, 0) is 0 Å². The van der Waals surface area contributed by atoms with Crippen molar-refractivity contribution in [2.45, 2.75) is 6.92 Å². The molecule has 0 spiro atoms. The maximum Gasteiger partial charge on any atom is 0.269 e. The maximum absolute atomic E-state index is 10.5. The van der Waals surface area contributed by atoms with Gasteiger partial charge in [-0.1, -0.05) is 0 Å². The molecule has 17 heavy (non-hydrogen) atoms. The average molecular weight is 250 g/mol. The minimum Gasteiger partial charge on any atom is -0.258 e. The average Bonchev–Trinajstić information content (AvgIpc) is 2.32. The zero-order valence-electron chi connectivity index (χ0n) is 8.92. The van der Waals surface area contributed by atoms with Crippen LogP contribution in [0.15, 0.2) is 30.5 Å². The smallest absolute Gasteiger partial charge is 0.258 e. The summed E-state index contributed by atoms with van der Waals surface area (Å²) >= 11 is 5.72. The Morgan fingerprint density at radius 3 is 2.53 bits per heavy atom. The third-order valence-corrected chi connectivity index (χ3v) is 2.48. The van der Waals surface area contributed by atoms with Gasteiger partial charge in [0.1, 0.15) is 0 Å². The number of hydrogen-bond donors (Lipinski definition) is 0. The number of halogens is 1. The Balaban J connectivity index is 2.46. The molecule has 1 aromatic carbocycles. The van der Waals surface area contributed by atoms with Crippen molar-refractivity contribution >= 4 is 17.3 Å². The van der Waals surface area contributed by atoms with E-state index >= 15 is 0 Å². The predicted molar refractivity (Wildman–Crippen MR) is 63.9 cm³/mol. The molecule has 0 fully saturated rings. The number of benzene rings is 1. The number of aryl methyl sites for hydroxylation is 1. The van der Waals surface area contributed by atoms with Gasteiger partial charge in [-0.25, -0.2) is 9.97 Å². The monoisotopic (exact) mass is 249 g/mol. The molecule has 2 rings (SSSR count). The first-order valence-corrected chi connectivity index (χ1v) is 5.19. The molecular formula is C11H8ClN3O2. The second-order valence-electron chi connectivity index (χ2n) is 3.47. The molecule has 1 aromatic heterocycles. The molecule has 0 amide bonds. The van der Waals surface area contributed by atoms with Gasteiger partial charge in [-0.2, -0.15) is 0 Å². The SMILES string of the molecule is Cc1cnc(Cl)nc1-c1ccc([N+](=O)[O-])cc1. The van der Waals surface area contributed by atoms with Crippen molar-refractivity contribution in [2.75, 3.05) is 0 Å². The number of non-ortho nitro benzene ring substituents is 1. The number of rotatable bonds is 2. The van der Waals surface area contributed by atoms with Gasteiger partial charge < -0.3 is 0 Å². The first-order chi connectivity index (χ1) is 8.08. The van der Waals surface area contributed by atoms with Crippen LogP contribution in [0.1, 0.15) is 5.56 Å². The zero-order chi connectivity index (χ0) is 12.4. The van der Waals surface area contributed by atoms with Gasteiger partial charge in [-0.3, -0.25) is 10.1 Å². The van der Waals surface area contributed by atoms with Crippen LogP contribution >= 0.6 is 11.6 Å². The highest BCUT2D eigenvalue weighted by atomic mass is 35.5. The standard InChI is InChI=1S/C11H8ClN3O2/c1-7-6-13-11(12)14-10(7)8-2-4-9(5-3-8)15(16)17/h2-6H,1H3. The molecule has 86 valence electrons. The first-order valence-electron chi connectivity index (χ1n) is 4.82. The highest BCUT2D eigenvalue weighted by Gasteiger charge is 2.08. The Bertz CT molecular complexity index is 569. The van der Waals surface area contributed by atoms with E-state index in [1.807, 2.05) is 6.92 Å². The van der Waals surface area contributed by atoms with Crippen LogP contribution in [0.2, 0.25) is 5.28 Å². The Hall–Kier alpha value is -2.01. The summed E-state index contributed by atoms with van der Waals surface area (Å²) in [6, 6.07) is 6.16. The lowest BCUT2D eigenvalue weighted by Crippen LogP contribution is -1.92. The van der Waals surface area contributed by atoms with E-state index in [1.54, 1.807) is 18.3 Å². The molecule has 0 radical (unpaired) electrons. The first kappa shape index (κ1) is 11.5. The molecule has 6 heteroatoms. The molecule has 0 N–H and O–H groups in total. The molecule has 0 aliphatic carbocycles. The Labute approximate surface area is 102 Å². The molecule has 0 aliphatic heterocycles. The van der Waals surface area contributed by atoms with E-state index in [1.165, 1.54) is 12.1 Å². The van der Waals surface area contributed by atoms with Gasteiger partial charge in [0.15, 0.2) is 0 Å². The number of nitro benzene ring substituents is 1. The number of hydrogen-bond acceptors (Lipinski definition) is 4. The molecule has 0 atom stereocenters. The predicted octanol–water partition coefficient (Wildman–Crippen LogP) is 3.01. The molecule has 2 aromatic rings. The van der Waals surface area contributed by atoms with Crippen LogP contribution in [0.25, 0.3) is 11.3 Å². The summed E-state index contributed by atoms with van der Waals surface area (Å²) in [5.74, 6) is 0. The summed E-state index contributed by atoms with van der Waals surface area (Å²) in [6.45, 7) is 1.85. The van der Waals surface area contributed by atoms with Crippen molar-refractivity contribution in [3.05, 3.63) is 51.4 Å². The second kappa shape index (κ2) is 4.47. The fraction of sp³-hybridized carbons (Fsp3) is 0.0909. The second-order valence-corrected chi connectivity index (χ2v) is 3.81. The van der Waals surface area contributed by atoms with E-state index in [9.17, 15) is 10.1 Å². The van der Waals surface area contributed by atoms with Crippen molar-refractivity contribution in [2.24, 2.45) is 0 Å². The fourth-order valence-corrected chi connectivity index (χ4v) is 1.59. The normalized spacial score (nSPS) is 10.2. The lowest BCUT2D eigenvalue weighted by atomic mass is 10.1. The van der Waals surface area contributed by atoms with Gasteiger partial charge in [0, 0.05) is 23.9 Å². The highest BCUT2D eigenvalue weighted by molar-refractivity contribution is 6.28. The summed E-state index contributed by atoms with van der Waals surface area (Å²) in [5, 5.41) is 10.7. The lowest BCUT2D eigenvalue weighted by Gasteiger charge is -2.04. The van der Waals surface area contributed by atoms with Gasteiger partial charge in [0.05, 0.1) is 10.6 Å². The van der Waals surface area contributed by atoms with E-state index in [0.717, 1.165) is 11.1 Å². The minimum absolute atomic E-state index is 0.0477. The summed E-state index contributed by atoms with van der Waals surface area (Å²) in [5.41, 5.74) is 2.37. The largest absolute Gasteiger partial charge is 0.269 e. The van der Waals surface area contributed by atoms with Gasteiger partial charge in [0.25, 0.3) is 5.69 Å². The number of nitrogens with zero attached hydrogens (tertiary/aromatic N) is 3. The van der Waals surface area contributed by atoms with Crippen LogP contribution in [0.4, 0.5) is 5.69 Å². The summed E-state index contributed by atoms with van der Waals surface area (Å²) in [7, 11) is 0. The van der Waals surface area contributed by atoms with E-state index in [-0.39, 0.29) is 11.0 Å². The maximum atomic E-state index is 10.5. The fourth-order valence-electron chi connectivity index (χ4n) is 1.45. The highest BCUT2D eigenvalue weighted by Crippen LogP contribution is 2.23. The molecule has 0 saturated heterocycles. The van der Waals surface area contributed by atoms with Crippen LogP contribution in [0, 0.1) is 17.0 Å². The van der Waals surface area contributed by atoms with Crippen molar-refractivity contribution in [3.63, 3.8) is 0 Å². The van der Waals surface area contributed by atoms with Gasteiger partial charge in [0.2, 0.25) is 5.28 Å². The van der Waals surface area contributed by atoms with Crippen molar-refractivity contribution in [1.29, 1.82) is 0 Å². The van der Waals surface area contributed by atoms with Crippen LogP contribution < -0.4 is 0 Å². The van der Waals surface area contributed by atoms with E-state index in [4.69, 9.17) is 11.6 Å². The van der Waals surface area contributed by atoms with E-state index in [0.29, 0.717) is 5.69 Å². The van der Waals surface area contributed by atoms with Crippen molar-refractivity contribution in [3.8, 4) is 11.3 Å². The van der Waals surface area contributed by atoms with Crippen molar-refractivity contribution in [1.82, 2.24) is 9.97 Å². The van der Waals surface area contributed by atoms with Crippen LogP contribution in [-0.4, -0.2) is 14.9 Å². The lowest BCUT2D eigenvalue weighted by molar-refractivity contribution is -0.384. The molecule has 0 saturated carbocycles. The van der Waals surface area contributed by atoms with Gasteiger partial charge >= 0.3 is 0 Å². The van der Waals surface area contributed by atoms with Gasteiger partial charge in [-0.05, 0) is 36.2 Å². The van der Waals surface area contributed by atoms with Crippen LogP contribution in [0.3, 0.4) is 0 Å². The zero-order valence-corrected chi connectivity index (χ0v) is 9.68. The van der Waals surface area contributed by atoms with Crippen molar-refractivity contribution < 1.29 is 4.92 Å². The Morgan fingerprint density at radius 1 is 1.29 bits per heavy atom. The molecule has 5 nitrogen and oxygen atoms in total. The summed E-state index contributed by atoms with van der Waals surface area (Å²) in [4.78, 5) is 18.0. The topological polar surface area (TPSA) is 68.9 Å². The van der Waals surface area contributed by atoms with Crippen LogP contribution in [0.5, 0.6) is 0 Å². The third-order valence-electron chi connectivity index (χ3n) is 2.29. The molecule has 1 heterocycles. The Kier molecular flexibility index (Phi) is 3.01. The van der Waals surface area contributed by atoms with E-state index < -0.39 is 4.92 Å². The number of nitro groups is 1. The summed E-state index contributed by atoms with van der Waals surface area (Å²) < 4.78 is 0. The third kappa shape index (κ3) is 2.39. The van der Waals surface area contributed by atoms with Gasteiger partial charge in [-0.15, -0.1) is 0 Å². The number of aromatic nitrogens is 2.